The van der Waals surface area contributed by atoms with Crippen LogP contribution < -0.4 is 5.73 Å². The molecule has 0 bridgehead atoms. The predicted molar refractivity (Wildman–Crippen MR) is 43.8 cm³/mol. The van der Waals surface area contributed by atoms with E-state index in [-0.39, 0.29) is 12.6 Å². The van der Waals surface area contributed by atoms with E-state index in [1.165, 1.54) is 0 Å². The van der Waals surface area contributed by atoms with Crippen molar-refractivity contribution < 1.29 is 5.11 Å². The summed E-state index contributed by atoms with van der Waals surface area (Å²) in [6, 6.07) is 0.229. The molecule has 0 saturated carbocycles. The van der Waals surface area contributed by atoms with Crippen LogP contribution in [0.1, 0.15) is 33.1 Å². The Morgan fingerprint density at radius 3 is 2.30 bits per heavy atom. The molecule has 0 spiro atoms. The second-order valence-corrected chi connectivity index (χ2v) is 2.92. The molecule has 0 fully saturated rings. The maximum Gasteiger partial charge on any atom is 0.0434 e. The minimum Gasteiger partial charge on any atom is -0.396 e. The lowest BCUT2D eigenvalue weighted by Gasteiger charge is -2.18. The molecule has 0 aromatic carbocycles. The van der Waals surface area contributed by atoms with Crippen LogP contribution >= 0.6 is 0 Å². The quantitative estimate of drug-likeness (QED) is 0.609. The van der Waals surface area contributed by atoms with Crippen molar-refractivity contribution in [2.45, 2.75) is 39.2 Å². The maximum absolute atomic E-state index is 8.66. The van der Waals surface area contributed by atoms with Gasteiger partial charge >= 0.3 is 0 Å². The van der Waals surface area contributed by atoms with E-state index in [0.717, 1.165) is 19.3 Å². The smallest absolute Gasteiger partial charge is 0.0434 e. The highest BCUT2D eigenvalue weighted by atomic mass is 16.3. The maximum atomic E-state index is 8.66. The van der Waals surface area contributed by atoms with Crippen LogP contribution in [0.4, 0.5) is 0 Å². The van der Waals surface area contributed by atoms with Crippen molar-refractivity contribution in [2.24, 2.45) is 11.7 Å². The van der Waals surface area contributed by atoms with E-state index >= 15 is 0 Å². The van der Waals surface area contributed by atoms with Crippen molar-refractivity contribution in [3.63, 3.8) is 0 Å². The Labute approximate surface area is 63.4 Å². The SMILES string of the molecule is CCCC(CCO)C(C)N. The lowest BCUT2D eigenvalue weighted by Crippen LogP contribution is -2.27. The molecule has 0 aliphatic carbocycles. The zero-order valence-corrected chi connectivity index (χ0v) is 7.01. The second kappa shape index (κ2) is 5.69. The van der Waals surface area contributed by atoms with Crippen LogP contribution in [0.3, 0.4) is 0 Å². The average molecular weight is 145 g/mol. The van der Waals surface area contributed by atoms with Crippen LogP contribution in [0, 0.1) is 5.92 Å². The van der Waals surface area contributed by atoms with Crippen molar-refractivity contribution in [3.8, 4) is 0 Å². The summed E-state index contributed by atoms with van der Waals surface area (Å²) in [6.07, 6.45) is 3.15. The number of aliphatic hydroxyl groups excluding tert-OH is 1. The lowest BCUT2D eigenvalue weighted by atomic mass is 9.94. The zero-order valence-electron chi connectivity index (χ0n) is 7.01. The molecule has 0 heterocycles. The molecule has 2 atom stereocenters. The van der Waals surface area contributed by atoms with Gasteiger partial charge in [-0.15, -0.1) is 0 Å². The van der Waals surface area contributed by atoms with Crippen LogP contribution in [0.2, 0.25) is 0 Å². The van der Waals surface area contributed by atoms with Crippen LogP contribution in [0.15, 0.2) is 0 Å². The third-order valence-electron chi connectivity index (χ3n) is 1.90. The minimum absolute atomic E-state index is 0.229. The van der Waals surface area contributed by atoms with Gasteiger partial charge in [0, 0.05) is 12.6 Å². The van der Waals surface area contributed by atoms with Crippen molar-refractivity contribution in [2.75, 3.05) is 6.61 Å². The van der Waals surface area contributed by atoms with Gasteiger partial charge in [0.2, 0.25) is 0 Å². The van der Waals surface area contributed by atoms with E-state index in [4.69, 9.17) is 10.8 Å². The summed E-state index contributed by atoms with van der Waals surface area (Å²) >= 11 is 0. The molecule has 0 rings (SSSR count). The number of hydrogen-bond donors (Lipinski definition) is 2. The topological polar surface area (TPSA) is 46.2 Å². The minimum atomic E-state index is 0.229. The molecule has 10 heavy (non-hydrogen) atoms. The molecule has 2 unspecified atom stereocenters. The van der Waals surface area contributed by atoms with Crippen LogP contribution in [-0.4, -0.2) is 17.8 Å². The van der Waals surface area contributed by atoms with Crippen molar-refractivity contribution in [3.05, 3.63) is 0 Å². The average Bonchev–Trinajstić information content (AvgIpc) is 1.87. The Bertz CT molecular complexity index is 67.7. The summed E-state index contributed by atoms with van der Waals surface area (Å²) in [6.45, 7) is 4.43. The molecule has 62 valence electrons. The summed E-state index contributed by atoms with van der Waals surface area (Å²) < 4.78 is 0. The fourth-order valence-electron chi connectivity index (χ4n) is 1.21. The molecule has 0 aliphatic rings. The number of rotatable bonds is 5. The van der Waals surface area contributed by atoms with Crippen molar-refractivity contribution in [1.82, 2.24) is 0 Å². The Morgan fingerprint density at radius 1 is 1.40 bits per heavy atom. The van der Waals surface area contributed by atoms with Crippen LogP contribution in [0.25, 0.3) is 0 Å². The van der Waals surface area contributed by atoms with Gasteiger partial charge in [-0.05, 0) is 25.7 Å². The van der Waals surface area contributed by atoms with E-state index in [2.05, 4.69) is 6.92 Å². The van der Waals surface area contributed by atoms with Crippen LogP contribution in [0.5, 0.6) is 0 Å². The fourth-order valence-corrected chi connectivity index (χ4v) is 1.21. The van der Waals surface area contributed by atoms with Crippen molar-refractivity contribution in [1.29, 1.82) is 0 Å². The highest BCUT2D eigenvalue weighted by Crippen LogP contribution is 2.13. The summed E-state index contributed by atoms with van der Waals surface area (Å²) in [4.78, 5) is 0. The molecule has 0 aliphatic heterocycles. The third-order valence-corrected chi connectivity index (χ3v) is 1.90. The Morgan fingerprint density at radius 2 is 2.00 bits per heavy atom. The highest BCUT2D eigenvalue weighted by Gasteiger charge is 2.10. The van der Waals surface area contributed by atoms with Gasteiger partial charge in [0.15, 0.2) is 0 Å². The summed E-state index contributed by atoms with van der Waals surface area (Å²) in [5.41, 5.74) is 5.70. The molecule has 0 aromatic rings. The van der Waals surface area contributed by atoms with Gasteiger partial charge in [-0.1, -0.05) is 13.3 Å². The zero-order chi connectivity index (χ0) is 7.98. The molecular formula is C8H19NO. The normalized spacial score (nSPS) is 16.8. The Balaban J connectivity index is 3.50. The summed E-state index contributed by atoms with van der Waals surface area (Å²) in [5, 5.41) is 8.66. The highest BCUT2D eigenvalue weighted by molar-refractivity contribution is 4.67. The number of aliphatic hydroxyl groups is 1. The monoisotopic (exact) mass is 145 g/mol. The van der Waals surface area contributed by atoms with Crippen molar-refractivity contribution >= 4 is 0 Å². The Kier molecular flexibility index (Phi) is 5.64. The summed E-state index contributed by atoms with van der Waals surface area (Å²) in [7, 11) is 0. The van der Waals surface area contributed by atoms with Gasteiger partial charge in [0.05, 0.1) is 0 Å². The number of hydrogen-bond acceptors (Lipinski definition) is 2. The van der Waals surface area contributed by atoms with Crippen LogP contribution in [-0.2, 0) is 0 Å². The Hall–Kier alpha value is -0.0800. The second-order valence-electron chi connectivity index (χ2n) is 2.92. The van der Waals surface area contributed by atoms with E-state index in [1.807, 2.05) is 6.92 Å². The van der Waals surface area contributed by atoms with Gasteiger partial charge in [-0.25, -0.2) is 0 Å². The first-order valence-electron chi connectivity index (χ1n) is 4.08. The first-order chi connectivity index (χ1) is 4.72. The molecule has 0 aromatic heterocycles. The summed E-state index contributed by atoms with van der Waals surface area (Å²) in [5.74, 6) is 0.509. The molecular weight excluding hydrogens is 126 g/mol. The van der Waals surface area contributed by atoms with Gasteiger partial charge in [0.25, 0.3) is 0 Å². The molecule has 2 nitrogen and oxygen atoms in total. The number of nitrogens with two attached hydrogens (primary N) is 1. The first kappa shape index (κ1) is 9.92. The standard InChI is InChI=1S/C8H19NO/c1-3-4-8(5-6-10)7(2)9/h7-8,10H,3-6,9H2,1-2H3. The first-order valence-corrected chi connectivity index (χ1v) is 4.08. The molecule has 2 heteroatoms. The molecule has 3 N–H and O–H groups in total. The van der Waals surface area contributed by atoms with Gasteiger partial charge in [0.1, 0.15) is 0 Å². The van der Waals surface area contributed by atoms with Gasteiger partial charge in [-0.2, -0.15) is 0 Å². The van der Waals surface area contributed by atoms with Gasteiger partial charge in [-0.3, -0.25) is 0 Å². The largest absolute Gasteiger partial charge is 0.396 e. The van der Waals surface area contributed by atoms with E-state index in [0.29, 0.717) is 5.92 Å². The van der Waals surface area contributed by atoms with Gasteiger partial charge < -0.3 is 10.8 Å². The fraction of sp³-hybridized carbons (Fsp3) is 1.00. The van der Waals surface area contributed by atoms with E-state index in [1.54, 1.807) is 0 Å². The molecule has 0 radical (unpaired) electrons. The lowest BCUT2D eigenvalue weighted by molar-refractivity contribution is 0.238. The molecule has 0 amide bonds. The predicted octanol–water partition coefficient (Wildman–Crippen LogP) is 1.13. The van der Waals surface area contributed by atoms with E-state index < -0.39 is 0 Å². The van der Waals surface area contributed by atoms with E-state index in [9.17, 15) is 0 Å². The third kappa shape index (κ3) is 3.85. The molecule has 0 saturated heterocycles.